The van der Waals surface area contributed by atoms with Crippen LogP contribution in [0.15, 0.2) is 53.4 Å². The van der Waals surface area contributed by atoms with E-state index in [1.54, 1.807) is 23.3 Å². The van der Waals surface area contributed by atoms with Gasteiger partial charge >= 0.3 is 0 Å². The highest BCUT2D eigenvalue weighted by Crippen LogP contribution is 2.14. The van der Waals surface area contributed by atoms with E-state index in [-0.39, 0.29) is 12.5 Å². The molecule has 0 aromatic heterocycles. The summed E-state index contributed by atoms with van der Waals surface area (Å²) in [4.78, 5) is 13.8. The fraction of sp³-hybridized carbons (Fsp3) is 0.250. The van der Waals surface area contributed by atoms with Crippen LogP contribution >= 0.6 is 0 Å². The predicted octanol–water partition coefficient (Wildman–Crippen LogP) is 1.20. The number of rotatable bonds is 4. The largest absolute Gasteiger partial charge is 0.492 e. The minimum absolute atomic E-state index is 0.0735. The third kappa shape index (κ3) is 3.11. The van der Waals surface area contributed by atoms with Crippen LogP contribution in [0.1, 0.15) is 5.56 Å². The summed E-state index contributed by atoms with van der Waals surface area (Å²) in [5.74, 6) is 1.43. The minimum atomic E-state index is -0.0735. The summed E-state index contributed by atoms with van der Waals surface area (Å²) in [6.45, 7) is 3.08. The lowest BCUT2D eigenvalue weighted by Gasteiger charge is -2.31. The number of nitrogens with zero attached hydrogens (tertiary/aromatic N) is 3. The Morgan fingerprint density at radius 3 is 2.82 bits per heavy atom. The molecule has 2 heterocycles. The molecule has 0 saturated heterocycles. The Hall–Kier alpha value is -2.76. The van der Waals surface area contributed by atoms with Crippen molar-refractivity contribution in [2.75, 3.05) is 19.7 Å². The molecule has 0 unspecified atom stereocenters. The number of hydrogen-bond donors (Lipinski definition) is 1. The molecule has 1 amide bonds. The predicted molar refractivity (Wildman–Crippen MR) is 83.9 cm³/mol. The van der Waals surface area contributed by atoms with Gasteiger partial charge in [-0.1, -0.05) is 17.7 Å². The van der Waals surface area contributed by atoms with Crippen molar-refractivity contribution >= 4 is 11.7 Å². The molecule has 22 heavy (non-hydrogen) atoms. The first-order chi connectivity index (χ1) is 10.6. The van der Waals surface area contributed by atoms with Crippen molar-refractivity contribution in [2.24, 2.45) is 10.8 Å². The van der Waals surface area contributed by atoms with E-state index in [1.807, 2.05) is 31.2 Å². The van der Waals surface area contributed by atoms with E-state index in [9.17, 15) is 4.79 Å². The molecular formula is C16H18N4O2. The van der Waals surface area contributed by atoms with Gasteiger partial charge < -0.3 is 15.4 Å². The maximum Gasteiger partial charge on any atom is 0.262 e. The summed E-state index contributed by atoms with van der Waals surface area (Å²) >= 11 is 0. The van der Waals surface area contributed by atoms with Gasteiger partial charge in [-0.3, -0.25) is 4.79 Å². The summed E-state index contributed by atoms with van der Waals surface area (Å²) in [6.07, 6.45) is 5.29. The van der Waals surface area contributed by atoms with Crippen molar-refractivity contribution in [1.29, 1.82) is 0 Å². The number of amides is 1. The molecule has 0 bridgehead atoms. The summed E-state index contributed by atoms with van der Waals surface area (Å²) in [7, 11) is 0. The second-order valence-electron chi connectivity index (χ2n) is 5.23. The first-order valence-electron chi connectivity index (χ1n) is 7.12. The molecule has 6 heteroatoms. The molecule has 2 aliphatic heterocycles. The Labute approximate surface area is 129 Å². The summed E-state index contributed by atoms with van der Waals surface area (Å²) < 4.78 is 5.64. The number of aryl methyl sites for hydroxylation is 1. The van der Waals surface area contributed by atoms with Gasteiger partial charge in [0.15, 0.2) is 5.84 Å². The number of ether oxygens (including phenoxy) is 1. The average molecular weight is 298 g/mol. The molecular weight excluding hydrogens is 280 g/mol. The molecule has 0 saturated carbocycles. The number of benzene rings is 1. The summed E-state index contributed by atoms with van der Waals surface area (Å²) in [5.41, 5.74) is 7.51. The molecule has 1 aromatic rings. The molecule has 0 spiro atoms. The lowest BCUT2D eigenvalue weighted by molar-refractivity contribution is -0.132. The molecule has 0 fully saturated rings. The van der Waals surface area contributed by atoms with Crippen LogP contribution in [-0.2, 0) is 4.79 Å². The third-order valence-corrected chi connectivity index (χ3v) is 3.43. The zero-order valence-electron chi connectivity index (χ0n) is 12.4. The van der Waals surface area contributed by atoms with Crippen molar-refractivity contribution in [3.63, 3.8) is 0 Å². The van der Waals surface area contributed by atoms with E-state index in [1.165, 1.54) is 10.6 Å². The number of nitrogens with two attached hydrogens (primary N) is 1. The van der Waals surface area contributed by atoms with Crippen LogP contribution in [0.4, 0.5) is 0 Å². The van der Waals surface area contributed by atoms with Gasteiger partial charge in [0.1, 0.15) is 18.9 Å². The van der Waals surface area contributed by atoms with Gasteiger partial charge in [-0.25, -0.2) is 5.01 Å². The van der Waals surface area contributed by atoms with Crippen molar-refractivity contribution in [1.82, 2.24) is 9.91 Å². The number of hydrazone groups is 1. The molecule has 114 valence electrons. The van der Waals surface area contributed by atoms with Crippen LogP contribution in [0.3, 0.4) is 0 Å². The van der Waals surface area contributed by atoms with E-state index in [2.05, 4.69) is 5.10 Å². The lowest BCUT2D eigenvalue weighted by Crippen LogP contribution is -2.46. The molecule has 2 N–H and O–H groups in total. The van der Waals surface area contributed by atoms with E-state index in [0.29, 0.717) is 24.7 Å². The van der Waals surface area contributed by atoms with Gasteiger partial charge in [0, 0.05) is 11.9 Å². The standard InChI is InChI=1S/C16H18N4O2/c1-12-2-5-14(6-3-12)22-9-8-20-16(21)11-19-10-13(17)4-7-15(19)18-20/h2-7,10H,8-9,11,17H2,1H3. The van der Waals surface area contributed by atoms with Crippen molar-refractivity contribution in [3.05, 3.63) is 53.9 Å². The van der Waals surface area contributed by atoms with Gasteiger partial charge in [-0.15, -0.1) is 0 Å². The number of allylic oxidation sites excluding steroid dienone is 1. The first-order valence-corrected chi connectivity index (χ1v) is 7.12. The maximum atomic E-state index is 12.1. The Bertz CT molecular complexity index is 661. The van der Waals surface area contributed by atoms with E-state index in [4.69, 9.17) is 10.5 Å². The van der Waals surface area contributed by atoms with Crippen LogP contribution in [-0.4, -0.2) is 41.3 Å². The van der Waals surface area contributed by atoms with Crippen LogP contribution < -0.4 is 10.5 Å². The first kappa shape index (κ1) is 14.2. The quantitative estimate of drug-likeness (QED) is 0.906. The second-order valence-corrected chi connectivity index (χ2v) is 5.23. The van der Waals surface area contributed by atoms with Crippen molar-refractivity contribution < 1.29 is 9.53 Å². The summed E-state index contributed by atoms with van der Waals surface area (Å²) in [5, 5.41) is 5.77. The van der Waals surface area contributed by atoms with Crippen LogP contribution in [0.25, 0.3) is 0 Å². The highest BCUT2D eigenvalue weighted by atomic mass is 16.5. The molecule has 0 atom stereocenters. The van der Waals surface area contributed by atoms with Gasteiger partial charge in [0.05, 0.1) is 6.54 Å². The zero-order valence-corrected chi connectivity index (χ0v) is 12.4. The van der Waals surface area contributed by atoms with Gasteiger partial charge in [-0.05, 0) is 31.2 Å². The van der Waals surface area contributed by atoms with Crippen LogP contribution in [0, 0.1) is 6.92 Å². The highest BCUT2D eigenvalue weighted by molar-refractivity contribution is 6.00. The Kier molecular flexibility index (Phi) is 3.82. The van der Waals surface area contributed by atoms with Crippen LogP contribution in [0.5, 0.6) is 5.75 Å². The fourth-order valence-corrected chi connectivity index (χ4v) is 2.24. The topological polar surface area (TPSA) is 71.2 Å². The number of carbonyl (C=O) groups is 1. The van der Waals surface area contributed by atoms with Crippen molar-refractivity contribution in [2.45, 2.75) is 6.92 Å². The zero-order chi connectivity index (χ0) is 15.5. The average Bonchev–Trinajstić information content (AvgIpc) is 2.50. The maximum absolute atomic E-state index is 12.1. The Morgan fingerprint density at radius 1 is 1.27 bits per heavy atom. The molecule has 3 rings (SSSR count). The van der Waals surface area contributed by atoms with E-state index < -0.39 is 0 Å². The SMILES string of the molecule is Cc1ccc(OCCN2N=C3C=CC(N)=CN3CC2=O)cc1. The molecule has 2 aliphatic rings. The Balaban J connectivity index is 1.59. The highest BCUT2D eigenvalue weighted by Gasteiger charge is 2.25. The molecule has 0 aliphatic carbocycles. The van der Waals surface area contributed by atoms with Crippen molar-refractivity contribution in [3.8, 4) is 5.75 Å². The second kappa shape index (κ2) is 5.93. The monoisotopic (exact) mass is 298 g/mol. The van der Waals surface area contributed by atoms with Crippen LogP contribution in [0.2, 0.25) is 0 Å². The molecule has 1 aromatic carbocycles. The fourth-order valence-electron chi connectivity index (χ4n) is 2.24. The minimum Gasteiger partial charge on any atom is -0.492 e. The number of hydrogen-bond acceptors (Lipinski definition) is 5. The van der Waals surface area contributed by atoms with E-state index >= 15 is 0 Å². The summed E-state index contributed by atoms with van der Waals surface area (Å²) in [6, 6.07) is 7.81. The van der Waals surface area contributed by atoms with Gasteiger partial charge in [-0.2, -0.15) is 5.10 Å². The smallest absolute Gasteiger partial charge is 0.262 e. The molecule has 6 nitrogen and oxygen atoms in total. The van der Waals surface area contributed by atoms with E-state index in [0.717, 1.165) is 5.75 Å². The molecule has 0 radical (unpaired) electrons. The Morgan fingerprint density at radius 2 is 2.05 bits per heavy atom. The number of fused-ring (bicyclic) bond motifs is 1. The lowest BCUT2D eigenvalue weighted by atomic mass is 10.2. The number of carbonyl (C=O) groups excluding carboxylic acids is 1. The van der Waals surface area contributed by atoms with Gasteiger partial charge in [0.2, 0.25) is 0 Å². The van der Waals surface area contributed by atoms with Gasteiger partial charge in [0.25, 0.3) is 5.91 Å². The normalized spacial score (nSPS) is 17.0. The third-order valence-electron chi connectivity index (χ3n) is 3.43. The number of amidine groups is 1.